The number of hydrogen-bond acceptors (Lipinski definition) is 6. The summed E-state index contributed by atoms with van der Waals surface area (Å²) in [7, 11) is 0. The summed E-state index contributed by atoms with van der Waals surface area (Å²) in [5.41, 5.74) is -0.199. The van der Waals surface area contributed by atoms with Gasteiger partial charge in [-0.25, -0.2) is 8.78 Å². The number of nitrogens with zero attached hydrogens (tertiary/aromatic N) is 2. The maximum absolute atomic E-state index is 13.6. The van der Waals surface area contributed by atoms with E-state index in [0.29, 0.717) is 5.41 Å². The van der Waals surface area contributed by atoms with Crippen molar-refractivity contribution in [3.05, 3.63) is 0 Å². The Morgan fingerprint density at radius 1 is 1.19 bits per heavy atom. The molecule has 1 spiro atoms. The topological polar surface area (TPSA) is 88.8 Å². The number of alkyl halides is 2. The van der Waals surface area contributed by atoms with Gasteiger partial charge in [-0.15, -0.1) is 0 Å². The van der Waals surface area contributed by atoms with E-state index >= 15 is 0 Å². The fourth-order valence-electron chi connectivity index (χ4n) is 4.65. The average molecular weight is 373 g/mol. The number of nitrogens with one attached hydrogen (secondary N) is 1. The van der Waals surface area contributed by atoms with Crippen LogP contribution in [0.3, 0.4) is 0 Å². The highest BCUT2D eigenvalue weighted by Crippen LogP contribution is 2.47. The lowest BCUT2D eigenvalue weighted by atomic mass is 9.64. The number of likely N-dealkylation sites (tertiary alicyclic amines) is 1. The Hall–Kier alpha value is -0.850. The van der Waals surface area contributed by atoms with Crippen LogP contribution in [-0.2, 0) is 4.74 Å². The Morgan fingerprint density at radius 2 is 1.85 bits per heavy atom. The minimum absolute atomic E-state index is 0.0515. The van der Waals surface area contributed by atoms with E-state index in [4.69, 9.17) is 10.00 Å². The molecule has 8 heteroatoms. The first-order valence-corrected chi connectivity index (χ1v) is 9.48. The Labute approximate surface area is 153 Å². The lowest BCUT2D eigenvalue weighted by Crippen LogP contribution is -2.57. The molecule has 6 nitrogen and oxygen atoms in total. The van der Waals surface area contributed by atoms with E-state index in [2.05, 4.69) is 5.32 Å². The predicted molar refractivity (Wildman–Crippen MR) is 90.5 cm³/mol. The van der Waals surface area contributed by atoms with Gasteiger partial charge in [-0.2, -0.15) is 5.26 Å². The summed E-state index contributed by atoms with van der Waals surface area (Å²) < 4.78 is 32.6. The summed E-state index contributed by atoms with van der Waals surface area (Å²) in [6.45, 7) is 0.979. The molecule has 2 unspecified atom stereocenters. The number of β-amino-alcohol motifs (C(OH)–C–C–N with tert-alkyl or cyclic N) is 1. The normalized spacial score (nSPS) is 31.6. The number of rotatable bonds is 5. The summed E-state index contributed by atoms with van der Waals surface area (Å²) in [4.78, 5) is 1.15. The molecule has 0 aromatic rings. The van der Waals surface area contributed by atoms with Crippen LogP contribution in [0.25, 0.3) is 0 Å². The van der Waals surface area contributed by atoms with Crippen molar-refractivity contribution in [2.75, 3.05) is 32.9 Å². The van der Waals surface area contributed by atoms with Crippen LogP contribution in [0.15, 0.2) is 0 Å². The first-order valence-electron chi connectivity index (χ1n) is 9.48. The van der Waals surface area contributed by atoms with Gasteiger partial charge in [-0.3, -0.25) is 4.90 Å². The van der Waals surface area contributed by atoms with Crippen LogP contribution in [-0.4, -0.2) is 71.8 Å². The molecule has 0 radical (unpaired) electrons. The lowest BCUT2D eigenvalue weighted by Gasteiger charge is -2.48. The molecular weight excluding hydrogens is 344 g/mol. The van der Waals surface area contributed by atoms with Crippen molar-refractivity contribution in [3.63, 3.8) is 0 Å². The van der Waals surface area contributed by atoms with Crippen molar-refractivity contribution in [1.29, 1.82) is 5.26 Å². The van der Waals surface area contributed by atoms with Crippen molar-refractivity contribution in [1.82, 2.24) is 10.2 Å². The zero-order valence-corrected chi connectivity index (χ0v) is 15.1. The van der Waals surface area contributed by atoms with Crippen LogP contribution in [0.1, 0.15) is 44.9 Å². The fourth-order valence-corrected chi connectivity index (χ4v) is 4.65. The molecule has 3 aliphatic rings. The second-order valence-corrected chi connectivity index (χ2v) is 8.29. The van der Waals surface area contributed by atoms with E-state index < -0.39 is 36.7 Å². The summed E-state index contributed by atoms with van der Waals surface area (Å²) >= 11 is 0. The van der Waals surface area contributed by atoms with Crippen LogP contribution in [0.4, 0.5) is 8.78 Å². The van der Waals surface area contributed by atoms with Crippen LogP contribution in [0, 0.1) is 16.7 Å². The fraction of sp³-hybridized carbons (Fsp3) is 0.944. The van der Waals surface area contributed by atoms with Crippen molar-refractivity contribution in [2.24, 2.45) is 5.41 Å². The standard InChI is InChI=1S/C18H29F2N3O3/c19-18(20)9-14(10-21)23(12-18)15(25)11-22-17(13-24)3-1-16(2-4-17)5-7-26-8-6-16/h14-15,22,24-25H,1-9,11-13H2. The van der Waals surface area contributed by atoms with Crippen molar-refractivity contribution in [3.8, 4) is 6.07 Å². The van der Waals surface area contributed by atoms with E-state index in [9.17, 15) is 19.0 Å². The molecule has 0 aromatic carbocycles. The third-order valence-electron chi connectivity index (χ3n) is 6.62. The molecule has 2 saturated heterocycles. The molecule has 0 bridgehead atoms. The predicted octanol–water partition coefficient (Wildman–Crippen LogP) is 1.23. The van der Waals surface area contributed by atoms with Gasteiger partial charge in [0.25, 0.3) is 5.92 Å². The monoisotopic (exact) mass is 373 g/mol. The van der Waals surface area contributed by atoms with Gasteiger partial charge in [0.15, 0.2) is 0 Å². The lowest BCUT2D eigenvalue weighted by molar-refractivity contribution is -0.0479. The maximum Gasteiger partial charge on any atom is 0.263 e. The molecule has 148 valence electrons. The van der Waals surface area contributed by atoms with Gasteiger partial charge in [0.05, 0.1) is 19.2 Å². The van der Waals surface area contributed by atoms with Gasteiger partial charge < -0.3 is 20.3 Å². The van der Waals surface area contributed by atoms with E-state index in [1.54, 1.807) is 0 Å². The largest absolute Gasteiger partial charge is 0.394 e. The van der Waals surface area contributed by atoms with Crippen LogP contribution in [0.5, 0.6) is 0 Å². The SMILES string of the molecule is N#CC1CC(F)(F)CN1C(O)CNC1(CO)CCC2(CCOCC2)CC1. The first-order chi connectivity index (χ1) is 12.3. The van der Waals surface area contributed by atoms with Gasteiger partial charge >= 0.3 is 0 Å². The summed E-state index contributed by atoms with van der Waals surface area (Å²) in [5.74, 6) is -2.95. The van der Waals surface area contributed by atoms with Gasteiger partial charge in [-0.1, -0.05) is 0 Å². The highest BCUT2D eigenvalue weighted by atomic mass is 19.3. The second-order valence-electron chi connectivity index (χ2n) is 8.29. The molecule has 3 fully saturated rings. The summed E-state index contributed by atoms with van der Waals surface area (Å²) in [6.07, 6.45) is 3.92. The van der Waals surface area contributed by atoms with E-state index in [0.717, 1.165) is 56.6 Å². The molecule has 26 heavy (non-hydrogen) atoms. The molecule has 2 heterocycles. The third kappa shape index (κ3) is 4.18. The Balaban J connectivity index is 1.55. The number of halogens is 2. The number of aliphatic hydroxyl groups is 2. The van der Waals surface area contributed by atoms with Crippen LogP contribution >= 0.6 is 0 Å². The second kappa shape index (κ2) is 7.64. The Bertz CT molecular complexity index is 524. The van der Waals surface area contributed by atoms with Crippen molar-refractivity contribution < 1.29 is 23.7 Å². The van der Waals surface area contributed by atoms with Crippen molar-refractivity contribution >= 4 is 0 Å². The molecule has 1 saturated carbocycles. The van der Waals surface area contributed by atoms with E-state index in [1.165, 1.54) is 0 Å². The Morgan fingerprint density at radius 3 is 2.42 bits per heavy atom. The summed E-state index contributed by atoms with van der Waals surface area (Å²) in [5, 5.41) is 32.6. The molecule has 3 rings (SSSR count). The van der Waals surface area contributed by atoms with Gasteiger partial charge in [-0.05, 0) is 43.9 Å². The number of aliphatic hydroxyl groups excluding tert-OH is 2. The minimum atomic E-state index is -2.95. The highest BCUT2D eigenvalue weighted by molar-refractivity contribution is 5.04. The zero-order valence-electron chi connectivity index (χ0n) is 15.1. The first kappa shape index (κ1) is 19.9. The summed E-state index contributed by atoms with van der Waals surface area (Å²) in [6, 6.07) is 0.865. The number of hydrogen-bond donors (Lipinski definition) is 3. The maximum atomic E-state index is 13.6. The van der Waals surface area contributed by atoms with E-state index in [1.807, 2.05) is 6.07 Å². The number of ether oxygens (including phenoxy) is 1. The van der Waals surface area contributed by atoms with Crippen molar-refractivity contribution in [2.45, 2.75) is 68.7 Å². The molecule has 1 aliphatic carbocycles. The zero-order chi connectivity index (χ0) is 18.8. The van der Waals surface area contributed by atoms with Crippen LogP contribution < -0.4 is 5.32 Å². The molecule has 2 aliphatic heterocycles. The molecule has 3 N–H and O–H groups in total. The smallest absolute Gasteiger partial charge is 0.263 e. The molecular formula is C18H29F2N3O3. The minimum Gasteiger partial charge on any atom is -0.394 e. The van der Waals surface area contributed by atoms with Gasteiger partial charge in [0, 0.05) is 31.7 Å². The Kier molecular flexibility index (Phi) is 5.85. The van der Waals surface area contributed by atoms with Gasteiger partial charge in [0.1, 0.15) is 12.3 Å². The average Bonchev–Trinajstić information content (AvgIpc) is 2.97. The molecule has 0 amide bonds. The molecule has 2 atom stereocenters. The van der Waals surface area contributed by atoms with Crippen LogP contribution in [0.2, 0.25) is 0 Å². The molecule has 0 aromatic heterocycles. The third-order valence-corrected chi connectivity index (χ3v) is 6.62. The van der Waals surface area contributed by atoms with Gasteiger partial charge in [0.2, 0.25) is 0 Å². The number of nitriles is 1. The highest BCUT2D eigenvalue weighted by Gasteiger charge is 2.48. The quantitative estimate of drug-likeness (QED) is 0.672. The van der Waals surface area contributed by atoms with E-state index in [-0.39, 0.29) is 13.2 Å².